The highest BCUT2D eigenvalue weighted by Crippen LogP contribution is 2.32. The van der Waals surface area contributed by atoms with E-state index in [9.17, 15) is 26.7 Å². The van der Waals surface area contributed by atoms with Gasteiger partial charge >= 0.3 is 6.18 Å². The van der Waals surface area contributed by atoms with Crippen LogP contribution in [0.3, 0.4) is 0 Å². The monoisotopic (exact) mass is 210 g/mol. The molecule has 0 amide bonds. The molecule has 0 spiro atoms. The summed E-state index contributed by atoms with van der Waals surface area (Å²) >= 11 is 0. The first-order valence-electron chi connectivity index (χ1n) is 3.37. The van der Waals surface area contributed by atoms with E-state index in [1.54, 1.807) is 0 Å². The fourth-order valence-electron chi connectivity index (χ4n) is 0.905. The molecule has 0 aliphatic heterocycles. The highest BCUT2D eigenvalue weighted by Gasteiger charge is 2.34. The summed E-state index contributed by atoms with van der Waals surface area (Å²) < 4.78 is 61.2. The van der Waals surface area contributed by atoms with Gasteiger partial charge in [-0.2, -0.15) is 13.2 Å². The number of rotatable bonds is 1. The lowest BCUT2D eigenvalue weighted by Gasteiger charge is -2.09. The molecule has 0 bridgehead atoms. The number of hydrogen-bond donors (Lipinski definition) is 0. The Morgan fingerprint density at radius 3 is 2.00 bits per heavy atom. The van der Waals surface area contributed by atoms with E-state index in [-0.39, 0.29) is 18.4 Å². The van der Waals surface area contributed by atoms with Crippen molar-refractivity contribution in [1.82, 2.24) is 0 Å². The molecular weight excluding hydrogens is 207 g/mol. The lowest BCUT2D eigenvalue weighted by atomic mass is 10.1. The van der Waals surface area contributed by atoms with Crippen molar-refractivity contribution in [2.75, 3.05) is 0 Å². The van der Waals surface area contributed by atoms with Crippen molar-refractivity contribution in [2.24, 2.45) is 0 Å². The van der Waals surface area contributed by atoms with Crippen LogP contribution in [-0.4, -0.2) is 6.29 Å². The fourth-order valence-corrected chi connectivity index (χ4v) is 0.905. The normalized spacial score (nSPS) is 11.5. The first-order chi connectivity index (χ1) is 6.36. The fraction of sp³-hybridized carbons (Fsp3) is 0.125. The predicted molar refractivity (Wildman–Crippen MR) is 36.7 cm³/mol. The van der Waals surface area contributed by atoms with Crippen LogP contribution in [0.1, 0.15) is 15.9 Å². The van der Waals surface area contributed by atoms with E-state index < -0.39 is 28.9 Å². The zero-order valence-corrected chi connectivity index (χ0v) is 6.53. The molecular formula is C8H3F5O. The molecule has 0 N–H and O–H groups in total. The highest BCUT2D eigenvalue weighted by molar-refractivity contribution is 5.77. The van der Waals surface area contributed by atoms with Crippen LogP contribution >= 0.6 is 0 Å². The standard InChI is InChI=1S/C8H3F5O/c9-6-1-4(3-14)5(2-7(6)10)8(11,12)13/h1-3H. The minimum absolute atomic E-state index is 0.0426. The van der Waals surface area contributed by atoms with E-state index in [1.807, 2.05) is 0 Å². The van der Waals surface area contributed by atoms with Crippen LogP contribution in [0.4, 0.5) is 22.0 Å². The molecule has 0 aromatic heterocycles. The minimum Gasteiger partial charge on any atom is -0.298 e. The molecule has 0 aliphatic carbocycles. The summed E-state index contributed by atoms with van der Waals surface area (Å²) in [6.07, 6.45) is -5.05. The lowest BCUT2D eigenvalue weighted by molar-refractivity contribution is -0.138. The Kier molecular flexibility index (Phi) is 2.55. The molecule has 1 rings (SSSR count). The lowest BCUT2D eigenvalue weighted by Crippen LogP contribution is -2.10. The van der Waals surface area contributed by atoms with Crippen LogP contribution in [-0.2, 0) is 6.18 Å². The Balaban J connectivity index is 3.42. The van der Waals surface area contributed by atoms with Gasteiger partial charge in [0.2, 0.25) is 0 Å². The molecule has 1 aromatic rings. The van der Waals surface area contributed by atoms with Crippen molar-refractivity contribution < 1.29 is 26.7 Å². The van der Waals surface area contributed by atoms with Gasteiger partial charge in [0.05, 0.1) is 5.56 Å². The Labute approximate surface area is 75.2 Å². The highest BCUT2D eigenvalue weighted by atomic mass is 19.4. The van der Waals surface area contributed by atoms with E-state index in [1.165, 1.54) is 0 Å². The summed E-state index contributed by atoms with van der Waals surface area (Å²) in [6.45, 7) is 0. The van der Waals surface area contributed by atoms with Crippen LogP contribution in [0.5, 0.6) is 0 Å². The van der Waals surface area contributed by atoms with Crippen LogP contribution in [0.25, 0.3) is 0 Å². The number of aldehydes is 1. The Morgan fingerprint density at radius 2 is 1.57 bits per heavy atom. The maximum Gasteiger partial charge on any atom is 0.417 e. The van der Waals surface area contributed by atoms with Gasteiger partial charge in [-0.25, -0.2) is 8.78 Å². The summed E-state index contributed by atoms with van der Waals surface area (Å²) in [5.41, 5.74) is -2.40. The minimum atomic E-state index is -4.87. The summed E-state index contributed by atoms with van der Waals surface area (Å²) in [6, 6.07) is 0.171. The average molecular weight is 210 g/mol. The van der Waals surface area contributed by atoms with Gasteiger partial charge in [-0.1, -0.05) is 0 Å². The molecule has 0 radical (unpaired) electrons. The van der Waals surface area contributed by atoms with E-state index in [0.29, 0.717) is 0 Å². The Morgan fingerprint density at radius 1 is 1.07 bits per heavy atom. The van der Waals surface area contributed by atoms with Crippen molar-refractivity contribution in [3.63, 3.8) is 0 Å². The SMILES string of the molecule is O=Cc1cc(F)c(F)cc1C(F)(F)F. The molecule has 6 heteroatoms. The second-order valence-corrected chi connectivity index (χ2v) is 2.47. The van der Waals surface area contributed by atoms with Crippen molar-refractivity contribution in [1.29, 1.82) is 0 Å². The molecule has 0 atom stereocenters. The van der Waals surface area contributed by atoms with Gasteiger partial charge in [0, 0.05) is 5.56 Å². The van der Waals surface area contributed by atoms with Crippen LogP contribution < -0.4 is 0 Å². The van der Waals surface area contributed by atoms with Crippen LogP contribution in [0.2, 0.25) is 0 Å². The topological polar surface area (TPSA) is 17.1 Å². The van der Waals surface area contributed by atoms with Gasteiger partial charge in [0.15, 0.2) is 17.9 Å². The maximum atomic E-state index is 12.4. The van der Waals surface area contributed by atoms with E-state index >= 15 is 0 Å². The molecule has 76 valence electrons. The van der Waals surface area contributed by atoms with Crippen molar-refractivity contribution >= 4 is 6.29 Å². The summed E-state index contributed by atoms with van der Waals surface area (Å²) in [5.74, 6) is -3.12. The smallest absolute Gasteiger partial charge is 0.298 e. The molecule has 0 unspecified atom stereocenters. The third-order valence-corrected chi connectivity index (χ3v) is 1.52. The molecule has 0 heterocycles. The van der Waals surface area contributed by atoms with Crippen molar-refractivity contribution in [2.45, 2.75) is 6.18 Å². The molecule has 14 heavy (non-hydrogen) atoms. The Hall–Kier alpha value is -1.46. The Bertz CT molecular complexity index is 369. The largest absolute Gasteiger partial charge is 0.417 e. The number of carbonyl (C=O) groups excluding carboxylic acids is 1. The second kappa shape index (κ2) is 3.36. The molecule has 0 saturated heterocycles. The van der Waals surface area contributed by atoms with Crippen LogP contribution in [0.15, 0.2) is 12.1 Å². The van der Waals surface area contributed by atoms with Gasteiger partial charge in [-0.15, -0.1) is 0 Å². The summed E-state index contributed by atoms with van der Waals surface area (Å²) in [4.78, 5) is 10.1. The number of halogens is 5. The van der Waals surface area contributed by atoms with Gasteiger partial charge in [-0.3, -0.25) is 4.79 Å². The number of hydrogen-bond acceptors (Lipinski definition) is 1. The molecule has 0 fully saturated rings. The van der Waals surface area contributed by atoms with Crippen molar-refractivity contribution in [3.8, 4) is 0 Å². The first kappa shape index (κ1) is 10.6. The van der Waals surface area contributed by atoms with Crippen LogP contribution in [0, 0.1) is 11.6 Å². The zero-order valence-electron chi connectivity index (χ0n) is 6.53. The molecule has 1 nitrogen and oxygen atoms in total. The van der Waals surface area contributed by atoms with Gasteiger partial charge in [0.25, 0.3) is 0 Å². The zero-order chi connectivity index (χ0) is 10.9. The molecule has 0 saturated carbocycles. The van der Waals surface area contributed by atoms with E-state index in [0.717, 1.165) is 0 Å². The number of carbonyl (C=O) groups is 1. The average Bonchev–Trinajstić information content (AvgIpc) is 2.07. The second-order valence-electron chi connectivity index (χ2n) is 2.47. The predicted octanol–water partition coefficient (Wildman–Crippen LogP) is 2.80. The molecule has 0 aliphatic rings. The third-order valence-electron chi connectivity index (χ3n) is 1.52. The first-order valence-corrected chi connectivity index (χ1v) is 3.37. The van der Waals surface area contributed by atoms with Gasteiger partial charge < -0.3 is 0 Å². The maximum absolute atomic E-state index is 12.4. The van der Waals surface area contributed by atoms with E-state index in [4.69, 9.17) is 0 Å². The summed E-state index contributed by atoms with van der Waals surface area (Å²) in [5, 5.41) is 0. The van der Waals surface area contributed by atoms with Crippen molar-refractivity contribution in [3.05, 3.63) is 34.9 Å². The molecule has 1 aromatic carbocycles. The van der Waals surface area contributed by atoms with E-state index in [2.05, 4.69) is 0 Å². The number of alkyl halides is 3. The number of benzene rings is 1. The quantitative estimate of drug-likeness (QED) is 0.514. The van der Waals surface area contributed by atoms with Gasteiger partial charge in [-0.05, 0) is 12.1 Å². The van der Waals surface area contributed by atoms with Gasteiger partial charge in [0.1, 0.15) is 0 Å². The third kappa shape index (κ3) is 1.89. The summed E-state index contributed by atoms with van der Waals surface area (Å²) in [7, 11) is 0.